The van der Waals surface area contributed by atoms with Gasteiger partial charge in [0, 0.05) is 17.3 Å². The number of H-pyrrole nitrogens is 1. The zero-order valence-electron chi connectivity index (χ0n) is 7.63. The highest BCUT2D eigenvalue weighted by atomic mass is 16.4. The van der Waals surface area contributed by atoms with Crippen molar-refractivity contribution in [3.63, 3.8) is 0 Å². The van der Waals surface area contributed by atoms with Crippen molar-refractivity contribution in [3.05, 3.63) is 23.5 Å². The highest BCUT2D eigenvalue weighted by Gasteiger charge is 2.47. The van der Waals surface area contributed by atoms with Crippen LogP contribution in [0.3, 0.4) is 0 Å². The van der Waals surface area contributed by atoms with E-state index < -0.39 is 5.97 Å². The SMILES string of the molecule is Cc1cc[nH]c1C1(CC(=O)O)CC1. The molecule has 2 rings (SSSR count). The number of hydrogen-bond acceptors (Lipinski definition) is 1. The van der Waals surface area contributed by atoms with Crippen LogP contribution in [0.25, 0.3) is 0 Å². The number of nitrogens with one attached hydrogen (secondary N) is 1. The molecule has 0 amide bonds. The van der Waals surface area contributed by atoms with E-state index in [0.717, 1.165) is 18.5 Å². The molecule has 0 radical (unpaired) electrons. The van der Waals surface area contributed by atoms with Crippen molar-refractivity contribution >= 4 is 5.97 Å². The number of aliphatic carboxylic acids is 1. The van der Waals surface area contributed by atoms with E-state index in [1.165, 1.54) is 5.56 Å². The Morgan fingerprint density at radius 3 is 2.77 bits per heavy atom. The van der Waals surface area contributed by atoms with Crippen LogP contribution in [0.4, 0.5) is 0 Å². The quantitative estimate of drug-likeness (QED) is 0.743. The maximum atomic E-state index is 10.6. The normalized spacial score (nSPS) is 18.5. The van der Waals surface area contributed by atoms with Crippen LogP contribution < -0.4 is 0 Å². The Bertz CT molecular complexity index is 336. The van der Waals surface area contributed by atoms with Gasteiger partial charge in [0.1, 0.15) is 0 Å². The molecule has 0 bridgehead atoms. The van der Waals surface area contributed by atoms with Crippen molar-refractivity contribution < 1.29 is 9.90 Å². The van der Waals surface area contributed by atoms with E-state index in [2.05, 4.69) is 4.98 Å². The average molecular weight is 179 g/mol. The van der Waals surface area contributed by atoms with Crippen LogP contribution in [0.1, 0.15) is 30.5 Å². The predicted molar refractivity (Wildman–Crippen MR) is 48.7 cm³/mol. The lowest BCUT2D eigenvalue weighted by Crippen LogP contribution is -2.14. The topological polar surface area (TPSA) is 53.1 Å². The summed E-state index contributed by atoms with van der Waals surface area (Å²) in [6, 6.07) is 2.00. The summed E-state index contributed by atoms with van der Waals surface area (Å²) < 4.78 is 0. The number of rotatable bonds is 3. The molecule has 13 heavy (non-hydrogen) atoms. The van der Waals surface area contributed by atoms with Gasteiger partial charge in [-0.05, 0) is 31.4 Å². The number of hydrogen-bond donors (Lipinski definition) is 2. The Balaban J connectivity index is 2.25. The number of carbonyl (C=O) groups is 1. The highest BCUT2D eigenvalue weighted by molar-refractivity contribution is 5.70. The monoisotopic (exact) mass is 179 g/mol. The summed E-state index contributed by atoms with van der Waals surface area (Å²) in [6.45, 7) is 2.02. The fraction of sp³-hybridized carbons (Fsp3) is 0.500. The van der Waals surface area contributed by atoms with Crippen molar-refractivity contribution in [2.75, 3.05) is 0 Å². The molecule has 70 valence electrons. The van der Waals surface area contributed by atoms with E-state index in [9.17, 15) is 4.79 Å². The number of aromatic nitrogens is 1. The minimum Gasteiger partial charge on any atom is -0.481 e. The summed E-state index contributed by atoms with van der Waals surface area (Å²) in [6.07, 6.45) is 4.14. The molecule has 1 aromatic rings. The van der Waals surface area contributed by atoms with Gasteiger partial charge in [-0.25, -0.2) is 0 Å². The molecule has 3 heteroatoms. The smallest absolute Gasteiger partial charge is 0.304 e. The van der Waals surface area contributed by atoms with Crippen LogP contribution >= 0.6 is 0 Å². The van der Waals surface area contributed by atoms with Gasteiger partial charge >= 0.3 is 5.97 Å². The van der Waals surface area contributed by atoms with Gasteiger partial charge in [0.15, 0.2) is 0 Å². The molecule has 2 N–H and O–H groups in total. The third kappa shape index (κ3) is 1.34. The molecule has 0 unspecified atom stereocenters. The summed E-state index contributed by atoms with van der Waals surface area (Å²) in [4.78, 5) is 13.8. The van der Waals surface area contributed by atoms with E-state index in [0.29, 0.717) is 0 Å². The molecular formula is C10H13NO2. The second kappa shape index (κ2) is 2.62. The zero-order chi connectivity index (χ0) is 9.47. The first kappa shape index (κ1) is 8.35. The van der Waals surface area contributed by atoms with Crippen molar-refractivity contribution in [1.29, 1.82) is 0 Å². The van der Waals surface area contributed by atoms with Crippen molar-refractivity contribution in [1.82, 2.24) is 4.98 Å². The van der Waals surface area contributed by atoms with Crippen LogP contribution in [-0.4, -0.2) is 16.1 Å². The van der Waals surface area contributed by atoms with Crippen molar-refractivity contribution in [3.8, 4) is 0 Å². The van der Waals surface area contributed by atoms with Gasteiger partial charge in [-0.15, -0.1) is 0 Å². The Labute approximate surface area is 76.8 Å². The Morgan fingerprint density at radius 2 is 2.38 bits per heavy atom. The molecule has 0 saturated heterocycles. The van der Waals surface area contributed by atoms with Gasteiger partial charge in [-0.3, -0.25) is 4.79 Å². The lowest BCUT2D eigenvalue weighted by atomic mass is 9.96. The Morgan fingerprint density at radius 1 is 1.69 bits per heavy atom. The number of carboxylic acids is 1. The summed E-state index contributed by atoms with van der Waals surface area (Å²) in [5.74, 6) is -0.702. The third-order valence-electron chi connectivity index (χ3n) is 2.83. The largest absolute Gasteiger partial charge is 0.481 e. The molecular weight excluding hydrogens is 166 g/mol. The van der Waals surface area contributed by atoms with Crippen molar-refractivity contribution in [2.24, 2.45) is 0 Å². The second-order valence-electron chi connectivity index (χ2n) is 3.89. The van der Waals surface area contributed by atoms with Crippen LogP contribution in [0.15, 0.2) is 12.3 Å². The van der Waals surface area contributed by atoms with Crippen LogP contribution in [0, 0.1) is 6.92 Å². The molecule has 1 saturated carbocycles. The molecule has 1 fully saturated rings. The van der Waals surface area contributed by atoms with E-state index in [1.807, 2.05) is 19.2 Å². The lowest BCUT2D eigenvalue weighted by molar-refractivity contribution is -0.137. The van der Waals surface area contributed by atoms with Gasteiger partial charge in [0.25, 0.3) is 0 Å². The lowest BCUT2D eigenvalue weighted by Gasteiger charge is -2.11. The van der Waals surface area contributed by atoms with Crippen LogP contribution in [-0.2, 0) is 10.2 Å². The van der Waals surface area contributed by atoms with Gasteiger partial charge in [-0.2, -0.15) is 0 Å². The predicted octanol–water partition coefficient (Wildman–Crippen LogP) is 1.83. The summed E-state index contributed by atoms with van der Waals surface area (Å²) in [7, 11) is 0. The number of aromatic amines is 1. The molecule has 1 heterocycles. The molecule has 1 aliphatic rings. The summed E-state index contributed by atoms with van der Waals surface area (Å²) in [5, 5.41) is 8.76. The molecule has 0 atom stereocenters. The van der Waals surface area contributed by atoms with Crippen molar-refractivity contribution in [2.45, 2.75) is 31.6 Å². The van der Waals surface area contributed by atoms with Crippen LogP contribution in [0.2, 0.25) is 0 Å². The Hall–Kier alpha value is -1.25. The number of carboxylic acid groups (broad SMARTS) is 1. The summed E-state index contributed by atoms with van der Waals surface area (Å²) in [5.41, 5.74) is 2.23. The fourth-order valence-electron chi connectivity index (χ4n) is 1.97. The van der Waals surface area contributed by atoms with E-state index in [-0.39, 0.29) is 11.8 Å². The fourth-order valence-corrected chi connectivity index (χ4v) is 1.97. The molecule has 3 nitrogen and oxygen atoms in total. The van der Waals surface area contributed by atoms with E-state index >= 15 is 0 Å². The third-order valence-corrected chi connectivity index (χ3v) is 2.83. The molecule has 0 aliphatic heterocycles. The second-order valence-corrected chi connectivity index (χ2v) is 3.89. The minimum absolute atomic E-state index is 0.0700. The molecule has 1 aliphatic carbocycles. The first-order chi connectivity index (χ1) is 6.14. The first-order valence-electron chi connectivity index (χ1n) is 4.50. The van der Waals surface area contributed by atoms with Gasteiger partial charge in [-0.1, -0.05) is 0 Å². The van der Waals surface area contributed by atoms with Gasteiger partial charge in [0.05, 0.1) is 6.42 Å². The molecule has 0 spiro atoms. The maximum Gasteiger partial charge on any atom is 0.304 e. The molecule has 1 aromatic heterocycles. The Kier molecular flexibility index (Phi) is 1.68. The zero-order valence-corrected chi connectivity index (χ0v) is 7.63. The average Bonchev–Trinajstić information content (AvgIpc) is 2.65. The van der Waals surface area contributed by atoms with E-state index in [1.54, 1.807) is 0 Å². The standard InChI is InChI=1S/C10H13NO2/c1-7-2-5-11-9(7)10(3-4-10)6-8(12)13/h2,5,11H,3-4,6H2,1H3,(H,12,13). The van der Waals surface area contributed by atoms with E-state index in [4.69, 9.17) is 5.11 Å². The highest BCUT2D eigenvalue weighted by Crippen LogP contribution is 2.51. The first-order valence-corrected chi connectivity index (χ1v) is 4.50. The maximum absolute atomic E-state index is 10.6. The van der Waals surface area contributed by atoms with Gasteiger partial charge in [0.2, 0.25) is 0 Å². The minimum atomic E-state index is -0.702. The van der Waals surface area contributed by atoms with Gasteiger partial charge < -0.3 is 10.1 Å². The number of aryl methyl sites for hydroxylation is 1. The summed E-state index contributed by atoms with van der Waals surface area (Å²) >= 11 is 0. The molecule has 0 aromatic carbocycles. The van der Waals surface area contributed by atoms with Crippen LogP contribution in [0.5, 0.6) is 0 Å².